The first-order valence-electron chi connectivity index (χ1n) is 8.80. The summed E-state index contributed by atoms with van der Waals surface area (Å²) in [6, 6.07) is 10.7. The Hall–Kier alpha value is -2.34. The fourth-order valence-electron chi connectivity index (χ4n) is 3.07. The minimum absolute atomic E-state index is 0.0514. The Labute approximate surface area is 152 Å². The molecule has 138 valence electrons. The predicted octanol–water partition coefficient (Wildman–Crippen LogP) is 3.49. The van der Waals surface area contributed by atoms with Crippen LogP contribution in [0.3, 0.4) is 0 Å². The summed E-state index contributed by atoms with van der Waals surface area (Å²) in [4.78, 5) is 17.6. The van der Waals surface area contributed by atoms with Gasteiger partial charge in [-0.15, -0.1) is 0 Å². The van der Waals surface area contributed by atoms with Crippen LogP contribution in [0.1, 0.15) is 30.5 Å². The minimum Gasteiger partial charge on any atom is -0.342 e. The number of benzene rings is 1. The highest BCUT2D eigenvalue weighted by atomic mass is 19.3. The Morgan fingerprint density at radius 1 is 1.15 bits per heavy atom. The Morgan fingerprint density at radius 2 is 1.77 bits per heavy atom. The third-order valence-electron chi connectivity index (χ3n) is 4.79. The number of hydrogen-bond acceptors (Lipinski definition) is 3. The molecule has 6 heteroatoms. The number of nitrogens with two attached hydrogens (primary N) is 1. The molecule has 3 rings (SSSR count). The number of aromatic nitrogens is 1. The van der Waals surface area contributed by atoms with E-state index in [9.17, 15) is 13.6 Å². The van der Waals surface area contributed by atoms with Crippen LogP contribution in [0, 0.1) is 6.92 Å². The number of piperidine rings is 1. The molecule has 0 spiro atoms. The van der Waals surface area contributed by atoms with Gasteiger partial charge in [-0.1, -0.05) is 35.9 Å². The molecule has 0 atom stereocenters. The van der Waals surface area contributed by atoms with Crippen LogP contribution >= 0.6 is 0 Å². The van der Waals surface area contributed by atoms with Crippen LogP contribution in [0.2, 0.25) is 0 Å². The molecule has 1 aliphatic heterocycles. The monoisotopic (exact) mass is 359 g/mol. The Kier molecular flexibility index (Phi) is 5.32. The summed E-state index contributed by atoms with van der Waals surface area (Å²) in [5.74, 6) is -3.84. The number of likely N-dealkylation sites (tertiary alicyclic amines) is 1. The molecule has 2 aromatic rings. The van der Waals surface area contributed by atoms with Crippen molar-refractivity contribution in [2.75, 3.05) is 13.1 Å². The molecule has 0 radical (unpaired) electrons. The summed E-state index contributed by atoms with van der Waals surface area (Å²) in [5.41, 5.74) is 8.22. The molecule has 0 aliphatic carbocycles. The maximum Gasteiger partial charge on any atom is 0.298 e. The second kappa shape index (κ2) is 7.50. The van der Waals surface area contributed by atoms with Crippen molar-refractivity contribution in [2.45, 2.75) is 38.2 Å². The maximum absolute atomic E-state index is 14.5. The highest BCUT2D eigenvalue weighted by Crippen LogP contribution is 2.32. The highest BCUT2D eigenvalue weighted by Gasteiger charge is 2.38. The zero-order chi connectivity index (χ0) is 18.7. The molecule has 1 saturated heterocycles. The van der Waals surface area contributed by atoms with Crippen LogP contribution in [-0.4, -0.2) is 34.9 Å². The zero-order valence-corrected chi connectivity index (χ0v) is 14.8. The lowest BCUT2D eigenvalue weighted by Gasteiger charge is -2.31. The molecule has 1 amide bonds. The topological polar surface area (TPSA) is 59.2 Å². The van der Waals surface area contributed by atoms with E-state index in [1.165, 1.54) is 17.2 Å². The van der Waals surface area contributed by atoms with Crippen molar-refractivity contribution in [2.24, 2.45) is 5.73 Å². The first-order valence-corrected chi connectivity index (χ1v) is 8.80. The van der Waals surface area contributed by atoms with E-state index < -0.39 is 18.3 Å². The molecule has 1 aliphatic rings. The van der Waals surface area contributed by atoms with Crippen molar-refractivity contribution in [3.05, 3.63) is 53.9 Å². The lowest BCUT2D eigenvalue weighted by molar-refractivity contribution is -0.140. The average Bonchev–Trinajstić information content (AvgIpc) is 2.62. The number of carbonyl (C=O) groups excluding carboxylic acids is 1. The van der Waals surface area contributed by atoms with Crippen molar-refractivity contribution in [1.29, 1.82) is 0 Å². The van der Waals surface area contributed by atoms with Gasteiger partial charge in [0.1, 0.15) is 5.69 Å². The summed E-state index contributed by atoms with van der Waals surface area (Å²) in [6.45, 7) is 2.87. The Bertz CT molecular complexity index is 752. The number of alkyl halides is 2. The molecule has 0 unspecified atom stereocenters. The number of hydrogen-bond donors (Lipinski definition) is 1. The van der Waals surface area contributed by atoms with Gasteiger partial charge in [0.15, 0.2) is 0 Å². The van der Waals surface area contributed by atoms with E-state index in [1.807, 2.05) is 31.2 Å². The maximum atomic E-state index is 14.5. The first kappa shape index (κ1) is 18.5. The van der Waals surface area contributed by atoms with Crippen molar-refractivity contribution in [1.82, 2.24) is 9.88 Å². The quantitative estimate of drug-likeness (QED) is 0.909. The van der Waals surface area contributed by atoms with Gasteiger partial charge in [0, 0.05) is 30.9 Å². The molecule has 1 aromatic carbocycles. The van der Waals surface area contributed by atoms with Gasteiger partial charge < -0.3 is 10.6 Å². The van der Waals surface area contributed by atoms with Crippen molar-refractivity contribution in [3.8, 4) is 11.1 Å². The summed E-state index contributed by atoms with van der Waals surface area (Å²) in [6.07, 6.45) is 1.87. The number of rotatable bonds is 4. The van der Waals surface area contributed by atoms with Gasteiger partial charge in [-0.2, -0.15) is 8.78 Å². The molecule has 26 heavy (non-hydrogen) atoms. The lowest BCUT2D eigenvalue weighted by atomic mass is 10.0. The molecule has 2 N–H and O–H groups in total. The SMILES string of the molecule is Cc1ccc(-c2ccc(C(F)(F)CC(=O)N3CCC(N)CC3)nc2)cc1. The molecule has 0 bridgehead atoms. The summed E-state index contributed by atoms with van der Waals surface area (Å²) in [7, 11) is 0. The largest absolute Gasteiger partial charge is 0.342 e. The average molecular weight is 359 g/mol. The van der Waals surface area contributed by atoms with E-state index in [0.29, 0.717) is 25.9 Å². The number of amides is 1. The fourth-order valence-corrected chi connectivity index (χ4v) is 3.07. The summed E-state index contributed by atoms with van der Waals surface area (Å²) in [5, 5.41) is 0. The van der Waals surface area contributed by atoms with E-state index in [0.717, 1.165) is 16.7 Å². The van der Waals surface area contributed by atoms with E-state index in [-0.39, 0.29) is 11.7 Å². The normalized spacial score (nSPS) is 15.9. The summed E-state index contributed by atoms with van der Waals surface area (Å²) < 4.78 is 29.0. The molecule has 4 nitrogen and oxygen atoms in total. The van der Waals surface area contributed by atoms with Crippen LogP contribution in [0.5, 0.6) is 0 Å². The fraction of sp³-hybridized carbons (Fsp3) is 0.400. The number of nitrogens with zero attached hydrogens (tertiary/aromatic N) is 2. The van der Waals surface area contributed by atoms with Gasteiger partial charge in [0.2, 0.25) is 5.91 Å². The molecular formula is C20H23F2N3O. The standard InChI is InChI=1S/C20H23F2N3O/c1-14-2-4-15(5-3-14)16-6-7-18(24-13-16)20(21,22)12-19(26)25-10-8-17(23)9-11-25/h2-7,13,17H,8-12,23H2,1H3. The van der Waals surface area contributed by atoms with Crippen LogP contribution in [0.25, 0.3) is 11.1 Å². The van der Waals surface area contributed by atoms with Crippen LogP contribution in [-0.2, 0) is 10.7 Å². The Morgan fingerprint density at radius 3 is 2.35 bits per heavy atom. The van der Waals surface area contributed by atoms with Crippen molar-refractivity contribution in [3.63, 3.8) is 0 Å². The van der Waals surface area contributed by atoms with Gasteiger partial charge in [-0.3, -0.25) is 9.78 Å². The third-order valence-corrected chi connectivity index (χ3v) is 4.79. The number of halogens is 2. The van der Waals surface area contributed by atoms with E-state index in [1.54, 1.807) is 6.07 Å². The number of carbonyl (C=O) groups is 1. The molecule has 1 aromatic heterocycles. The molecular weight excluding hydrogens is 336 g/mol. The zero-order valence-electron chi connectivity index (χ0n) is 14.8. The van der Waals surface area contributed by atoms with Gasteiger partial charge in [-0.25, -0.2) is 0 Å². The molecule has 0 saturated carbocycles. The third kappa shape index (κ3) is 4.25. The van der Waals surface area contributed by atoms with Gasteiger partial charge in [-0.05, 0) is 31.4 Å². The smallest absolute Gasteiger partial charge is 0.298 e. The second-order valence-corrected chi connectivity index (χ2v) is 6.90. The van der Waals surface area contributed by atoms with Crippen LogP contribution < -0.4 is 5.73 Å². The van der Waals surface area contributed by atoms with Gasteiger partial charge >= 0.3 is 0 Å². The highest BCUT2D eigenvalue weighted by molar-refractivity contribution is 5.77. The lowest BCUT2D eigenvalue weighted by Crippen LogP contribution is -2.44. The minimum atomic E-state index is -3.29. The Balaban J connectivity index is 1.68. The van der Waals surface area contributed by atoms with Gasteiger partial charge in [0.25, 0.3) is 5.92 Å². The van der Waals surface area contributed by atoms with Crippen molar-refractivity contribution >= 4 is 5.91 Å². The predicted molar refractivity (Wildman–Crippen MR) is 96.7 cm³/mol. The van der Waals surface area contributed by atoms with E-state index >= 15 is 0 Å². The molecule has 2 heterocycles. The second-order valence-electron chi connectivity index (χ2n) is 6.90. The summed E-state index contributed by atoms with van der Waals surface area (Å²) >= 11 is 0. The number of pyridine rings is 1. The van der Waals surface area contributed by atoms with Crippen LogP contribution in [0.15, 0.2) is 42.6 Å². The number of aryl methyl sites for hydroxylation is 1. The van der Waals surface area contributed by atoms with Crippen molar-refractivity contribution < 1.29 is 13.6 Å². The van der Waals surface area contributed by atoms with E-state index in [4.69, 9.17) is 5.73 Å². The van der Waals surface area contributed by atoms with Gasteiger partial charge in [0.05, 0.1) is 6.42 Å². The first-order chi connectivity index (χ1) is 12.3. The van der Waals surface area contributed by atoms with Crippen LogP contribution in [0.4, 0.5) is 8.78 Å². The molecule has 1 fully saturated rings. The van der Waals surface area contributed by atoms with E-state index in [2.05, 4.69) is 4.98 Å².